The lowest BCUT2D eigenvalue weighted by Gasteiger charge is -2.21. The molecule has 0 bridgehead atoms. The van der Waals surface area contributed by atoms with Gasteiger partial charge in [-0.1, -0.05) is 36.9 Å². The van der Waals surface area contributed by atoms with Crippen molar-refractivity contribution in [3.05, 3.63) is 79.5 Å². The molecule has 2 saturated carbocycles. The second-order valence-electron chi connectivity index (χ2n) is 9.92. The Bertz CT molecular complexity index is 1270. The smallest absolute Gasteiger partial charge is 0.0953 e. The molecule has 0 amide bonds. The van der Waals surface area contributed by atoms with Crippen LogP contribution in [-0.2, 0) is 0 Å². The average molecular weight is 423 g/mol. The summed E-state index contributed by atoms with van der Waals surface area (Å²) in [5.74, 6) is 0.554. The van der Waals surface area contributed by atoms with Crippen molar-refractivity contribution < 1.29 is 0 Å². The van der Waals surface area contributed by atoms with E-state index in [9.17, 15) is 0 Å². The van der Waals surface area contributed by atoms with E-state index in [4.69, 9.17) is 0 Å². The number of H-pyrrole nitrogens is 1. The number of hydrogen-bond donors (Lipinski definition) is 2. The van der Waals surface area contributed by atoms with Crippen LogP contribution < -0.4 is 5.32 Å². The van der Waals surface area contributed by atoms with Crippen LogP contribution in [0.3, 0.4) is 0 Å². The molecular weight excluding hydrogens is 392 g/mol. The molecule has 2 aliphatic carbocycles. The number of aromatic nitrogens is 3. The fourth-order valence-corrected chi connectivity index (χ4v) is 5.21. The van der Waals surface area contributed by atoms with Crippen molar-refractivity contribution in [3.63, 3.8) is 0 Å². The first-order valence-corrected chi connectivity index (χ1v) is 11.7. The van der Waals surface area contributed by atoms with Crippen LogP contribution in [0.15, 0.2) is 79.5 Å². The Labute approximate surface area is 189 Å². The number of rotatable bonds is 6. The van der Waals surface area contributed by atoms with Gasteiger partial charge in [0.15, 0.2) is 0 Å². The first-order valence-electron chi connectivity index (χ1n) is 11.7. The van der Waals surface area contributed by atoms with Gasteiger partial charge in [0.2, 0.25) is 0 Å². The number of aromatic amines is 1. The van der Waals surface area contributed by atoms with Gasteiger partial charge >= 0.3 is 0 Å². The minimum absolute atomic E-state index is 0.308. The Balaban J connectivity index is 1.20. The third-order valence-electron chi connectivity index (χ3n) is 7.49. The zero-order valence-electron chi connectivity index (χ0n) is 18.6. The molecule has 2 aliphatic rings. The van der Waals surface area contributed by atoms with E-state index in [0.717, 1.165) is 6.42 Å². The van der Waals surface area contributed by atoms with Crippen molar-refractivity contribution in [2.75, 3.05) is 0 Å². The molecule has 2 heterocycles. The van der Waals surface area contributed by atoms with Gasteiger partial charge in [-0.15, -0.1) is 0 Å². The summed E-state index contributed by atoms with van der Waals surface area (Å²) in [6, 6.07) is 18.1. The van der Waals surface area contributed by atoms with Gasteiger partial charge in [0.1, 0.15) is 0 Å². The molecule has 4 nitrogen and oxygen atoms in total. The molecule has 0 saturated heterocycles. The third-order valence-corrected chi connectivity index (χ3v) is 7.49. The monoisotopic (exact) mass is 422 g/mol. The molecule has 0 spiro atoms. The lowest BCUT2D eigenvalue weighted by molar-refractivity contribution is 0.476. The second-order valence-corrected chi connectivity index (χ2v) is 9.92. The molecule has 2 N–H and O–H groups in total. The van der Waals surface area contributed by atoms with E-state index in [0.29, 0.717) is 17.5 Å². The minimum atomic E-state index is 0.308. The molecule has 6 rings (SSSR count). The zero-order chi connectivity index (χ0) is 21.7. The SMILES string of the molecule is C=C(NC1(C)CC1)C1CCC(n2cncc2-c2ccc(-c3ccc4[nH]ccc4c3)cc2)C1. The standard InChI is InChI=1S/C28H30N4/c1-19(31-28(2)12-13-28)22-7-9-25(16-22)32-18-29-17-27(32)21-5-3-20(4-6-21)23-8-10-26-24(15-23)11-14-30-26/h3-6,8,10-11,14-15,17-18,22,25,30-31H,1,7,9,12-13,16H2,2H3. The maximum absolute atomic E-state index is 4.51. The molecule has 2 aromatic heterocycles. The highest BCUT2D eigenvalue weighted by atomic mass is 15.1. The van der Waals surface area contributed by atoms with Crippen LogP contribution in [0.1, 0.15) is 45.1 Å². The van der Waals surface area contributed by atoms with Crippen LogP contribution in [0.25, 0.3) is 33.3 Å². The fourth-order valence-electron chi connectivity index (χ4n) is 5.21. The van der Waals surface area contributed by atoms with Crippen molar-refractivity contribution in [3.8, 4) is 22.4 Å². The number of fused-ring (bicyclic) bond motifs is 1. The van der Waals surface area contributed by atoms with Crippen molar-refractivity contribution in [2.24, 2.45) is 5.92 Å². The van der Waals surface area contributed by atoms with Crippen molar-refractivity contribution in [2.45, 2.75) is 50.6 Å². The normalized spacial score (nSPS) is 21.7. The number of allylic oxidation sites excluding steroid dienone is 1. The lowest BCUT2D eigenvalue weighted by atomic mass is 10.0. The Kier molecular flexibility index (Phi) is 4.49. The number of nitrogens with zero attached hydrogens (tertiary/aromatic N) is 2. The quantitative estimate of drug-likeness (QED) is 0.363. The Hall–Kier alpha value is -3.27. The summed E-state index contributed by atoms with van der Waals surface area (Å²) in [4.78, 5) is 7.78. The maximum Gasteiger partial charge on any atom is 0.0953 e. The van der Waals surface area contributed by atoms with Gasteiger partial charge < -0.3 is 14.9 Å². The van der Waals surface area contributed by atoms with Gasteiger partial charge in [0.05, 0.1) is 18.2 Å². The summed E-state index contributed by atoms with van der Waals surface area (Å²) in [5.41, 5.74) is 7.62. The summed E-state index contributed by atoms with van der Waals surface area (Å²) >= 11 is 0. The van der Waals surface area contributed by atoms with E-state index >= 15 is 0 Å². The summed E-state index contributed by atoms with van der Waals surface area (Å²) < 4.78 is 2.38. The van der Waals surface area contributed by atoms with Gasteiger partial charge in [-0.05, 0) is 79.3 Å². The summed E-state index contributed by atoms with van der Waals surface area (Å²) in [6.45, 7) is 6.68. The highest BCUT2D eigenvalue weighted by Gasteiger charge is 2.39. The fraction of sp³-hybridized carbons (Fsp3) is 0.321. The largest absolute Gasteiger partial charge is 0.383 e. The van der Waals surface area contributed by atoms with E-state index in [1.165, 1.54) is 64.7 Å². The zero-order valence-corrected chi connectivity index (χ0v) is 18.6. The molecule has 2 unspecified atom stereocenters. The van der Waals surface area contributed by atoms with Gasteiger partial charge in [0.25, 0.3) is 0 Å². The highest BCUT2D eigenvalue weighted by molar-refractivity contribution is 5.85. The van der Waals surface area contributed by atoms with E-state index in [2.05, 4.69) is 81.9 Å². The number of imidazole rings is 1. The summed E-state index contributed by atoms with van der Waals surface area (Å²) in [7, 11) is 0. The number of hydrogen-bond acceptors (Lipinski definition) is 2. The van der Waals surface area contributed by atoms with Gasteiger partial charge in [-0.2, -0.15) is 0 Å². The van der Waals surface area contributed by atoms with Crippen LogP contribution in [0, 0.1) is 5.92 Å². The molecule has 4 aromatic rings. The lowest BCUT2D eigenvalue weighted by Crippen LogP contribution is -2.29. The minimum Gasteiger partial charge on any atom is -0.383 e. The predicted molar refractivity (Wildman–Crippen MR) is 131 cm³/mol. The molecule has 32 heavy (non-hydrogen) atoms. The van der Waals surface area contributed by atoms with Crippen LogP contribution in [0.2, 0.25) is 0 Å². The van der Waals surface area contributed by atoms with Crippen molar-refractivity contribution >= 4 is 10.9 Å². The molecule has 0 radical (unpaired) electrons. The topological polar surface area (TPSA) is 45.6 Å². The predicted octanol–water partition coefficient (Wildman–Crippen LogP) is 6.70. The van der Waals surface area contributed by atoms with E-state index in [-0.39, 0.29) is 0 Å². The summed E-state index contributed by atoms with van der Waals surface area (Å²) in [6.07, 6.45) is 12.1. The van der Waals surface area contributed by atoms with Crippen LogP contribution in [-0.4, -0.2) is 20.1 Å². The van der Waals surface area contributed by atoms with Gasteiger partial charge in [-0.3, -0.25) is 0 Å². The Morgan fingerprint density at radius 2 is 1.84 bits per heavy atom. The van der Waals surface area contributed by atoms with E-state index < -0.39 is 0 Å². The molecule has 2 atom stereocenters. The average Bonchev–Trinajstić information content (AvgIpc) is 3.28. The Morgan fingerprint density at radius 1 is 1.06 bits per heavy atom. The van der Waals surface area contributed by atoms with E-state index in [1.807, 2.05) is 18.7 Å². The molecule has 2 aromatic carbocycles. The van der Waals surface area contributed by atoms with Crippen LogP contribution in [0.5, 0.6) is 0 Å². The number of nitrogens with one attached hydrogen (secondary N) is 2. The first kappa shape index (κ1) is 19.4. The number of benzene rings is 2. The van der Waals surface area contributed by atoms with Gasteiger partial charge in [-0.25, -0.2) is 4.98 Å². The van der Waals surface area contributed by atoms with Crippen LogP contribution >= 0.6 is 0 Å². The second kappa shape index (κ2) is 7.40. The molecule has 0 aliphatic heterocycles. The molecule has 162 valence electrons. The van der Waals surface area contributed by atoms with E-state index in [1.54, 1.807) is 0 Å². The van der Waals surface area contributed by atoms with Gasteiger partial charge in [0, 0.05) is 34.9 Å². The molecular formula is C28H30N4. The van der Waals surface area contributed by atoms with Crippen LogP contribution in [0.4, 0.5) is 0 Å². The first-order chi connectivity index (χ1) is 15.6. The van der Waals surface area contributed by atoms with Crippen molar-refractivity contribution in [1.82, 2.24) is 19.9 Å². The third kappa shape index (κ3) is 3.54. The molecule has 4 heteroatoms. The highest BCUT2D eigenvalue weighted by Crippen LogP contribution is 2.42. The maximum atomic E-state index is 4.51. The van der Waals surface area contributed by atoms with Crippen molar-refractivity contribution in [1.29, 1.82) is 0 Å². The summed E-state index contributed by atoms with van der Waals surface area (Å²) in [5, 5.41) is 4.94. The Morgan fingerprint density at radius 3 is 2.66 bits per heavy atom. The molecule has 2 fully saturated rings.